The molecule has 1 fully saturated rings. The van der Waals surface area contributed by atoms with Crippen LogP contribution in [0.3, 0.4) is 0 Å². The zero-order valence-corrected chi connectivity index (χ0v) is 12.6. The Kier molecular flexibility index (Phi) is 3.78. The summed E-state index contributed by atoms with van der Waals surface area (Å²) in [6.07, 6.45) is 6.09. The fraction of sp³-hybridized carbons (Fsp3) is 0.529. The Morgan fingerprint density at radius 2 is 2.20 bits per heavy atom. The average molecular weight is 293 g/mol. The predicted molar refractivity (Wildman–Crippen MR) is 82.0 cm³/mol. The standard InChI is InChI=1S/C17H21ClO2/c1-2-12-5-4-9-17(19,10-8-12)15-11-13-6-3-7-14(18)16(13)20-15/h3,6-7,11-12,19H,2,4-5,8-10H2,1H3. The highest BCUT2D eigenvalue weighted by Gasteiger charge is 2.35. The van der Waals surface area contributed by atoms with Crippen molar-refractivity contribution in [1.29, 1.82) is 0 Å². The van der Waals surface area contributed by atoms with Gasteiger partial charge < -0.3 is 9.52 Å². The van der Waals surface area contributed by atoms with Gasteiger partial charge in [-0.3, -0.25) is 0 Å². The van der Waals surface area contributed by atoms with Gasteiger partial charge in [0, 0.05) is 5.39 Å². The third kappa shape index (κ3) is 2.47. The minimum absolute atomic E-state index is 0.609. The second-order valence-electron chi connectivity index (χ2n) is 6.01. The van der Waals surface area contributed by atoms with Gasteiger partial charge in [0.2, 0.25) is 0 Å². The minimum Gasteiger partial charge on any atom is -0.456 e. The summed E-state index contributed by atoms with van der Waals surface area (Å²) in [6, 6.07) is 7.66. The normalized spacial score (nSPS) is 27.6. The van der Waals surface area contributed by atoms with E-state index in [0.717, 1.165) is 37.0 Å². The van der Waals surface area contributed by atoms with E-state index >= 15 is 0 Å². The lowest BCUT2D eigenvalue weighted by molar-refractivity contribution is 0.000163. The van der Waals surface area contributed by atoms with Crippen LogP contribution in [-0.2, 0) is 5.60 Å². The van der Waals surface area contributed by atoms with Crippen molar-refractivity contribution in [1.82, 2.24) is 0 Å². The van der Waals surface area contributed by atoms with Crippen molar-refractivity contribution >= 4 is 22.6 Å². The summed E-state index contributed by atoms with van der Waals surface area (Å²) in [5.74, 6) is 1.41. The molecule has 2 nitrogen and oxygen atoms in total. The minimum atomic E-state index is -0.827. The maximum absolute atomic E-state index is 11.0. The van der Waals surface area contributed by atoms with Gasteiger partial charge in [-0.05, 0) is 43.7 Å². The first-order valence-electron chi connectivity index (χ1n) is 7.53. The molecule has 1 N–H and O–H groups in total. The van der Waals surface area contributed by atoms with Crippen LogP contribution in [0.15, 0.2) is 28.7 Å². The van der Waals surface area contributed by atoms with E-state index in [2.05, 4.69) is 6.92 Å². The van der Waals surface area contributed by atoms with Gasteiger partial charge in [-0.2, -0.15) is 0 Å². The van der Waals surface area contributed by atoms with Crippen molar-refractivity contribution in [2.75, 3.05) is 0 Å². The van der Waals surface area contributed by atoms with Crippen molar-refractivity contribution in [2.45, 2.75) is 51.0 Å². The van der Waals surface area contributed by atoms with E-state index in [9.17, 15) is 5.11 Å². The molecular weight excluding hydrogens is 272 g/mol. The Morgan fingerprint density at radius 3 is 2.95 bits per heavy atom. The topological polar surface area (TPSA) is 33.4 Å². The monoisotopic (exact) mass is 292 g/mol. The lowest BCUT2D eigenvalue weighted by Gasteiger charge is -2.24. The van der Waals surface area contributed by atoms with E-state index in [-0.39, 0.29) is 0 Å². The van der Waals surface area contributed by atoms with Gasteiger partial charge in [0.05, 0.1) is 5.02 Å². The molecule has 2 unspecified atom stereocenters. The summed E-state index contributed by atoms with van der Waals surface area (Å²) < 4.78 is 5.88. The molecule has 108 valence electrons. The Bertz CT molecular complexity index is 604. The quantitative estimate of drug-likeness (QED) is 0.766. The summed E-state index contributed by atoms with van der Waals surface area (Å²) in [6.45, 7) is 2.23. The molecule has 1 aliphatic carbocycles. The van der Waals surface area contributed by atoms with Crippen molar-refractivity contribution < 1.29 is 9.52 Å². The predicted octanol–water partition coefficient (Wildman–Crippen LogP) is 5.26. The smallest absolute Gasteiger partial charge is 0.153 e. The number of fused-ring (bicyclic) bond motifs is 1. The second-order valence-corrected chi connectivity index (χ2v) is 6.41. The molecule has 0 radical (unpaired) electrons. The molecule has 2 atom stereocenters. The number of furan rings is 1. The molecule has 0 amide bonds. The van der Waals surface area contributed by atoms with Crippen LogP contribution in [0.5, 0.6) is 0 Å². The van der Waals surface area contributed by atoms with Crippen molar-refractivity contribution in [2.24, 2.45) is 5.92 Å². The zero-order chi connectivity index (χ0) is 14.2. The summed E-state index contributed by atoms with van der Waals surface area (Å²) in [4.78, 5) is 0. The van der Waals surface area contributed by atoms with Gasteiger partial charge in [-0.25, -0.2) is 0 Å². The van der Waals surface area contributed by atoms with Crippen molar-refractivity contribution in [3.8, 4) is 0 Å². The molecule has 0 bridgehead atoms. The Hall–Kier alpha value is -0.990. The van der Waals surface area contributed by atoms with Crippen LogP contribution in [0.4, 0.5) is 0 Å². The number of para-hydroxylation sites is 1. The van der Waals surface area contributed by atoms with Crippen LogP contribution in [0.1, 0.15) is 51.2 Å². The van der Waals surface area contributed by atoms with Crippen LogP contribution in [0.25, 0.3) is 11.0 Å². The van der Waals surface area contributed by atoms with Gasteiger partial charge in [-0.15, -0.1) is 0 Å². The number of rotatable bonds is 2. The molecule has 3 heteroatoms. The third-order valence-corrected chi connectivity index (χ3v) is 5.00. The van der Waals surface area contributed by atoms with Gasteiger partial charge >= 0.3 is 0 Å². The number of hydrogen-bond donors (Lipinski definition) is 1. The number of halogens is 1. The molecule has 0 spiro atoms. The SMILES string of the molecule is CCC1CCCC(O)(c2cc3cccc(Cl)c3o2)CC1. The number of aliphatic hydroxyl groups is 1. The fourth-order valence-electron chi connectivity index (χ4n) is 3.31. The fourth-order valence-corrected chi connectivity index (χ4v) is 3.53. The summed E-state index contributed by atoms with van der Waals surface area (Å²) in [5.41, 5.74) is -0.138. The van der Waals surface area contributed by atoms with Crippen LogP contribution in [-0.4, -0.2) is 5.11 Å². The third-order valence-electron chi connectivity index (χ3n) is 4.70. The van der Waals surface area contributed by atoms with Crippen LogP contribution in [0.2, 0.25) is 5.02 Å². The Labute approximate surface area is 124 Å². The van der Waals surface area contributed by atoms with E-state index < -0.39 is 5.60 Å². The number of benzene rings is 1. The molecule has 2 aromatic rings. The maximum Gasteiger partial charge on any atom is 0.153 e. The molecule has 1 aliphatic rings. The summed E-state index contributed by atoms with van der Waals surface area (Å²) in [5, 5.41) is 12.6. The van der Waals surface area contributed by atoms with E-state index in [0.29, 0.717) is 16.4 Å². The van der Waals surface area contributed by atoms with E-state index in [1.165, 1.54) is 12.8 Å². The highest BCUT2D eigenvalue weighted by atomic mass is 35.5. The first kappa shape index (κ1) is 14.0. The lowest BCUT2D eigenvalue weighted by Crippen LogP contribution is -2.24. The first-order chi connectivity index (χ1) is 9.62. The van der Waals surface area contributed by atoms with Crippen LogP contribution >= 0.6 is 11.6 Å². The largest absolute Gasteiger partial charge is 0.456 e. The summed E-state index contributed by atoms with van der Waals surface area (Å²) in [7, 11) is 0. The molecular formula is C17H21ClO2. The van der Waals surface area contributed by atoms with Crippen molar-refractivity contribution in [3.63, 3.8) is 0 Å². The molecule has 1 aromatic carbocycles. The van der Waals surface area contributed by atoms with Crippen LogP contribution in [0, 0.1) is 5.92 Å². The number of hydrogen-bond acceptors (Lipinski definition) is 2. The zero-order valence-electron chi connectivity index (χ0n) is 11.9. The molecule has 1 heterocycles. The molecule has 0 aliphatic heterocycles. The second kappa shape index (κ2) is 5.42. The Morgan fingerprint density at radius 1 is 1.35 bits per heavy atom. The average Bonchev–Trinajstić information content (AvgIpc) is 2.80. The van der Waals surface area contributed by atoms with E-state index in [1.54, 1.807) is 0 Å². The Balaban J connectivity index is 1.94. The van der Waals surface area contributed by atoms with Crippen LogP contribution < -0.4 is 0 Å². The van der Waals surface area contributed by atoms with Crippen molar-refractivity contribution in [3.05, 3.63) is 35.0 Å². The van der Waals surface area contributed by atoms with Gasteiger partial charge in [0.15, 0.2) is 5.58 Å². The molecule has 1 aromatic heterocycles. The lowest BCUT2D eigenvalue weighted by atomic mass is 9.90. The highest BCUT2D eigenvalue weighted by molar-refractivity contribution is 6.34. The van der Waals surface area contributed by atoms with Gasteiger partial charge in [0.1, 0.15) is 11.4 Å². The molecule has 3 rings (SSSR count). The van der Waals surface area contributed by atoms with E-state index in [1.807, 2.05) is 24.3 Å². The first-order valence-corrected chi connectivity index (χ1v) is 7.91. The maximum atomic E-state index is 11.0. The summed E-state index contributed by atoms with van der Waals surface area (Å²) >= 11 is 6.16. The van der Waals surface area contributed by atoms with Gasteiger partial charge in [0.25, 0.3) is 0 Å². The molecule has 1 saturated carbocycles. The van der Waals surface area contributed by atoms with Gasteiger partial charge in [-0.1, -0.05) is 43.5 Å². The van der Waals surface area contributed by atoms with E-state index in [4.69, 9.17) is 16.0 Å². The molecule has 0 saturated heterocycles. The highest BCUT2D eigenvalue weighted by Crippen LogP contribution is 2.41. The molecule has 20 heavy (non-hydrogen) atoms.